The Morgan fingerprint density at radius 2 is 1.09 bits per heavy atom. The number of aliphatic hydroxyl groups is 1. The summed E-state index contributed by atoms with van der Waals surface area (Å²) in [6.07, 6.45) is 20.3. The first-order valence-electron chi connectivity index (χ1n) is 13.4. The van der Waals surface area contributed by atoms with Crippen LogP contribution in [0.1, 0.15) is 109 Å². The fourth-order valence-electron chi connectivity index (χ4n) is 4.35. The number of rotatable bonds is 19. The highest BCUT2D eigenvalue weighted by molar-refractivity contribution is 5.59. The Kier molecular flexibility index (Phi) is 14.6. The monoisotopic (exact) mass is 437 g/mol. The van der Waals surface area contributed by atoms with Gasteiger partial charge >= 0.3 is 0 Å². The Morgan fingerprint density at radius 1 is 0.594 bits per heavy atom. The number of aliphatic hydroxyl groups excluding tert-OH is 1. The minimum atomic E-state index is -0.128. The molecular weight excluding hydrogens is 390 g/mol. The normalized spacial score (nSPS) is 12.1. The van der Waals surface area contributed by atoms with Gasteiger partial charge < -0.3 is 10.4 Å². The van der Waals surface area contributed by atoms with E-state index in [0.29, 0.717) is 0 Å². The predicted molar refractivity (Wildman–Crippen MR) is 141 cm³/mol. The molecule has 1 unspecified atom stereocenters. The highest BCUT2D eigenvalue weighted by Gasteiger charge is 2.04. The average molecular weight is 438 g/mol. The fourth-order valence-corrected chi connectivity index (χ4v) is 4.35. The highest BCUT2D eigenvalue weighted by Crippen LogP contribution is 2.18. The Hall–Kier alpha value is -1.80. The van der Waals surface area contributed by atoms with Crippen molar-refractivity contribution in [3.63, 3.8) is 0 Å². The maximum atomic E-state index is 10.3. The van der Waals surface area contributed by atoms with Crippen molar-refractivity contribution in [3.05, 3.63) is 60.2 Å². The molecule has 0 bridgehead atoms. The van der Waals surface area contributed by atoms with E-state index in [1.54, 1.807) is 0 Å². The third-order valence-electron chi connectivity index (χ3n) is 6.41. The van der Waals surface area contributed by atoms with E-state index in [9.17, 15) is 5.11 Å². The van der Waals surface area contributed by atoms with E-state index in [0.717, 1.165) is 37.1 Å². The summed E-state index contributed by atoms with van der Waals surface area (Å²) in [4.78, 5) is 0. The summed E-state index contributed by atoms with van der Waals surface area (Å²) >= 11 is 0. The maximum Gasteiger partial charge on any atom is 0.0540 e. The minimum absolute atomic E-state index is 0.128. The zero-order valence-corrected chi connectivity index (χ0v) is 20.5. The summed E-state index contributed by atoms with van der Waals surface area (Å²) in [5, 5.41) is 13.7. The molecule has 0 radical (unpaired) electrons. The number of para-hydroxylation sites is 1. The molecule has 0 heterocycles. The molecule has 2 aromatic rings. The van der Waals surface area contributed by atoms with Crippen LogP contribution in [0.25, 0.3) is 0 Å². The number of aryl methyl sites for hydroxylation is 1. The Bertz CT molecular complexity index is 667. The largest absolute Gasteiger partial charge is 0.393 e. The molecule has 0 spiro atoms. The molecule has 2 N–H and O–H groups in total. The van der Waals surface area contributed by atoms with Crippen LogP contribution in [0.15, 0.2) is 54.6 Å². The van der Waals surface area contributed by atoms with E-state index in [-0.39, 0.29) is 6.10 Å². The smallest absolute Gasteiger partial charge is 0.0540 e. The molecule has 2 heteroatoms. The predicted octanol–water partition coefficient (Wildman–Crippen LogP) is 9.21. The molecule has 0 amide bonds. The van der Waals surface area contributed by atoms with Crippen molar-refractivity contribution in [1.82, 2.24) is 0 Å². The van der Waals surface area contributed by atoms with Gasteiger partial charge in [0.2, 0.25) is 0 Å². The Balaban J connectivity index is 1.42. The second kappa shape index (κ2) is 17.7. The van der Waals surface area contributed by atoms with E-state index >= 15 is 0 Å². The van der Waals surface area contributed by atoms with E-state index in [4.69, 9.17) is 0 Å². The molecule has 2 rings (SSSR count). The van der Waals surface area contributed by atoms with Gasteiger partial charge in [0, 0.05) is 11.4 Å². The lowest BCUT2D eigenvalue weighted by atomic mass is 10.0. The quantitative estimate of drug-likeness (QED) is 0.215. The molecule has 0 saturated heterocycles. The van der Waals surface area contributed by atoms with Gasteiger partial charge in [-0.1, -0.05) is 114 Å². The van der Waals surface area contributed by atoms with Crippen LogP contribution in [0.2, 0.25) is 0 Å². The van der Waals surface area contributed by atoms with Crippen molar-refractivity contribution >= 4 is 11.4 Å². The van der Waals surface area contributed by atoms with Crippen LogP contribution in [-0.4, -0.2) is 11.2 Å². The standard InChI is InChI=1S/C30H47NO/c1-2-3-4-5-6-7-8-9-10-11-12-16-21-30(32)22-17-18-27-23-25-29(26-24-27)31-28-19-14-13-15-20-28/h13-15,19-20,23-26,30-32H,2-12,16-18,21-22H2,1H3. The number of nitrogens with one attached hydrogen (secondary N) is 1. The van der Waals surface area contributed by atoms with Crippen LogP contribution in [0, 0.1) is 0 Å². The first kappa shape index (κ1) is 26.5. The number of hydrogen-bond acceptors (Lipinski definition) is 2. The first-order valence-corrected chi connectivity index (χ1v) is 13.4. The molecule has 2 aromatic carbocycles. The van der Waals surface area contributed by atoms with Crippen LogP contribution >= 0.6 is 0 Å². The lowest BCUT2D eigenvalue weighted by Crippen LogP contribution is -2.06. The van der Waals surface area contributed by atoms with E-state index < -0.39 is 0 Å². The van der Waals surface area contributed by atoms with Crippen molar-refractivity contribution in [2.45, 2.75) is 116 Å². The van der Waals surface area contributed by atoms with Gasteiger partial charge in [-0.05, 0) is 55.5 Å². The molecule has 2 nitrogen and oxygen atoms in total. The molecular formula is C30H47NO. The lowest BCUT2D eigenvalue weighted by molar-refractivity contribution is 0.148. The summed E-state index contributed by atoms with van der Waals surface area (Å²) < 4.78 is 0. The van der Waals surface area contributed by atoms with E-state index in [1.807, 2.05) is 18.2 Å². The molecule has 0 aromatic heterocycles. The number of anilines is 2. The Morgan fingerprint density at radius 3 is 1.69 bits per heavy atom. The fraction of sp³-hybridized carbons (Fsp3) is 0.600. The maximum absolute atomic E-state index is 10.3. The van der Waals surface area contributed by atoms with Crippen LogP contribution in [0.3, 0.4) is 0 Å². The van der Waals surface area contributed by atoms with Crippen LogP contribution < -0.4 is 5.32 Å². The van der Waals surface area contributed by atoms with Crippen LogP contribution in [0.5, 0.6) is 0 Å². The van der Waals surface area contributed by atoms with Gasteiger partial charge in [-0.3, -0.25) is 0 Å². The Labute approximate surface area is 197 Å². The van der Waals surface area contributed by atoms with Gasteiger partial charge in [-0.2, -0.15) is 0 Å². The van der Waals surface area contributed by atoms with Gasteiger partial charge in [0.15, 0.2) is 0 Å². The lowest BCUT2D eigenvalue weighted by Gasteiger charge is -2.11. The molecule has 0 aliphatic rings. The van der Waals surface area contributed by atoms with Gasteiger partial charge in [0.25, 0.3) is 0 Å². The molecule has 0 aliphatic carbocycles. The van der Waals surface area contributed by atoms with Crippen LogP contribution in [0.4, 0.5) is 11.4 Å². The first-order chi connectivity index (χ1) is 15.8. The molecule has 1 atom stereocenters. The third kappa shape index (κ3) is 12.9. The zero-order valence-electron chi connectivity index (χ0n) is 20.5. The third-order valence-corrected chi connectivity index (χ3v) is 6.41. The summed E-state index contributed by atoms with van der Waals surface area (Å²) in [7, 11) is 0. The SMILES string of the molecule is CCCCCCCCCCCCCCC(O)CCCc1ccc(Nc2ccccc2)cc1. The highest BCUT2D eigenvalue weighted by atomic mass is 16.3. The zero-order chi connectivity index (χ0) is 22.7. The topological polar surface area (TPSA) is 32.3 Å². The molecule has 178 valence electrons. The van der Waals surface area contributed by atoms with Crippen molar-refractivity contribution in [1.29, 1.82) is 0 Å². The van der Waals surface area contributed by atoms with E-state index in [1.165, 1.54) is 82.6 Å². The summed E-state index contributed by atoms with van der Waals surface area (Å²) in [5.74, 6) is 0. The van der Waals surface area contributed by atoms with Crippen molar-refractivity contribution in [3.8, 4) is 0 Å². The molecule has 0 aliphatic heterocycles. The number of unbranched alkanes of at least 4 members (excludes halogenated alkanes) is 11. The van der Waals surface area contributed by atoms with Gasteiger partial charge in [0.1, 0.15) is 0 Å². The van der Waals surface area contributed by atoms with Gasteiger partial charge in [-0.15, -0.1) is 0 Å². The molecule has 0 saturated carbocycles. The number of benzene rings is 2. The van der Waals surface area contributed by atoms with Gasteiger partial charge in [-0.25, -0.2) is 0 Å². The summed E-state index contributed by atoms with van der Waals surface area (Å²) in [5.41, 5.74) is 3.58. The second-order valence-electron chi connectivity index (χ2n) is 9.41. The minimum Gasteiger partial charge on any atom is -0.393 e. The van der Waals surface area contributed by atoms with E-state index in [2.05, 4.69) is 48.6 Å². The van der Waals surface area contributed by atoms with Gasteiger partial charge in [0.05, 0.1) is 6.10 Å². The van der Waals surface area contributed by atoms with Crippen molar-refractivity contribution < 1.29 is 5.11 Å². The summed E-state index contributed by atoms with van der Waals surface area (Å²) in [6, 6.07) is 18.9. The second-order valence-corrected chi connectivity index (χ2v) is 9.41. The van der Waals surface area contributed by atoms with Crippen molar-refractivity contribution in [2.75, 3.05) is 5.32 Å². The molecule has 32 heavy (non-hydrogen) atoms. The molecule has 0 fully saturated rings. The van der Waals surface area contributed by atoms with Crippen molar-refractivity contribution in [2.24, 2.45) is 0 Å². The average Bonchev–Trinajstić information content (AvgIpc) is 2.81. The number of hydrogen-bond donors (Lipinski definition) is 2. The van der Waals surface area contributed by atoms with Crippen LogP contribution in [-0.2, 0) is 6.42 Å². The summed E-state index contributed by atoms with van der Waals surface area (Å²) in [6.45, 7) is 2.28.